The summed E-state index contributed by atoms with van der Waals surface area (Å²) in [7, 11) is 0. The Morgan fingerprint density at radius 1 is 1.20 bits per heavy atom. The van der Waals surface area contributed by atoms with Crippen molar-refractivity contribution < 1.29 is 47.4 Å². The van der Waals surface area contributed by atoms with Crippen LogP contribution in [-0.2, 0) is 42.7 Å². The Morgan fingerprint density at radius 3 is 1.20 bits per heavy atom. The first-order valence-electron chi connectivity index (χ1n) is 0.303. The second-order valence-electron chi connectivity index (χ2n) is 0. The first-order chi connectivity index (χ1) is 2.00. The summed E-state index contributed by atoms with van der Waals surface area (Å²) in [5.74, 6) is 0. The van der Waals surface area contributed by atoms with Gasteiger partial charge in [-0.25, -0.2) is 0 Å². The molecular formula is HCoFMoO2. The molecule has 0 unspecified atom stereocenters. The van der Waals surface area contributed by atoms with E-state index in [4.69, 9.17) is 7.26 Å². The van der Waals surface area contributed by atoms with Gasteiger partial charge in [0.2, 0.25) is 0 Å². The summed E-state index contributed by atoms with van der Waals surface area (Å²) >= 11 is 3.01. The van der Waals surface area contributed by atoms with Crippen LogP contribution in [0, 0.1) is 0 Å². The van der Waals surface area contributed by atoms with E-state index in [-0.39, 0.29) is 4.70 Å². The third-order valence-corrected chi connectivity index (χ3v) is 0. The Morgan fingerprint density at radius 2 is 1.20 bits per heavy atom. The van der Waals surface area contributed by atoms with Crippen molar-refractivity contribution in [3.63, 3.8) is 0 Å². The quantitative estimate of drug-likeness (QED) is 0.520. The number of rotatable bonds is 0. The van der Waals surface area contributed by atoms with E-state index in [1.165, 1.54) is 0 Å². The summed E-state index contributed by atoms with van der Waals surface area (Å²) in [6.45, 7) is 0. The zero-order valence-electron chi connectivity index (χ0n) is 1.97. The third kappa shape index (κ3) is 66.8. The van der Waals surface area contributed by atoms with Crippen LogP contribution in [0.4, 0.5) is 4.70 Å². The number of hydrogen-bond acceptors (Lipinski definition) is 2. The Kier molecular flexibility index (Phi) is 430. The molecule has 0 rings (SSSR count). The standard InChI is InChI=1S/Co.FH.Mo.2O/h;1H;;;. The van der Waals surface area contributed by atoms with Crippen LogP contribution in [0.2, 0.25) is 0 Å². The summed E-state index contributed by atoms with van der Waals surface area (Å²) in [6, 6.07) is 0. The Balaban J connectivity index is -0.0000000133. The fourth-order valence-electron chi connectivity index (χ4n) is 0. The van der Waals surface area contributed by atoms with Crippen molar-refractivity contribution in [1.82, 2.24) is 0 Å². The topological polar surface area (TPSA) is 34.1 Å². The molecule has 0 saturated carbocycles. The van der Waals surface area contributed by atoms with Gasteiger partial charge in [0, 0.05) is 0 Å². The Bertz CT molecular complexity index is 11.6. The molecule has 5 heavy (non-hydrogen) atoms. The van der Waals surface area contributed by atoms with Gasteiger partial charge in [-0.05, 0) is 0 Å². The molecule has 0 aliphatic rings. The van der Waals surface area contributed by atoms with E-state index in [1.54, 1.807) is 0 Å². The summed E-state index contributed by atoms with van der Waals surface area (Å²) in [6.07, 6.45) is 0. The van der Waals surface area contributed by atoms with Crippen molar-refractivity contribution >= 4 is 0 Å². The molecule has 0 aromatic carbocycles. The van der Waals surface area contributed by atoms with Gasteiger partial charge < -0.3 is 0 Å². The molecule has 0 fully saturated rings. The van der Waals surface area contributed by atoms with E-state index in [0.29, 0.717) is 19.8 Å². The SMILES string of the molecule is F.[O]=[Co].[O]=[Mo]. The van der Waals surface area contributed by atoms with Crippen molar-refractivity contribution in [2.45, 2.75) is 0 Å². The van der Waals surface area contributed by atoms with E-state index in [9.17, 15) is 0 Å². The fraction of sp³-hybridized carbons (Fsp3) is 0. The molecule has 0 spiro atoms. The molecule has 5 heteroatoms. The molecule has 0 atom stereocenters. The summed E-state index contributed by atoms with van der Waals surface area (Å²) in [5.41, 5.74) is 0. The molecule has 0 N–H and O–H groups in total. The predicted octanol–water partition coefficient (Wildman–Crippen LogP) is -0.0901. The number of halogens is 1. The molecule has 0 aliphatic carbocycles. The predicted molar refractivity (Wildman–Crippen MR) is 3.88 cm³/mol. The van der Waals surface area contributed by atoms with Gasteiger partial charge in [-0.2, -0.15) is 0 Å². The molecule has 0 aromatic heterocycles. The molecule has 0 aliphatic heterocycles. The van der Waals surface area contributed by atoms with Gasteiger partial charge in [-0.1, -0.05) is 0 Å². The van der Waals surface area contributed by atoms with Crippen molar-refractivity contribution in [2.24, 2.45) is 0 Å². The molecule has 0 bridgehead atoms. The van der Waals surface area contributed by atoms with Crippen LogP contribution in [0.3, 0.4) is 0 Å². The second-order valence-corrected chi connectivity index (χ2v) is 0. The van der Waals surface area contributed by atoms with Gasteiger partial charge in [0.05, 0.1) is 0 Å². The van der Waals surface area contributed by atoms with Crippen LogP contribution >= 0.6 is 0 Å². The average Bonchev–Trinajstić information content (AvgIpc) is 1.50. The van der Waals surface area contributed by atoms with Gasteiger partial charge in [0.25, 0.3) is 0 Å². The van der Waals surface area contributed by atoms with Crippen LogP contribution < -0.4 is 0 Å². The third-order valence-electron chi connectivity index (χ3n) is 0. The van der Waals surface area contributed by atoms with Crippen molar-refractivity contribution in [3.8, 4) is 0 Å². The van der Waals surface area contributed by atoms with Crippen molar-refractivity contribution in [3.05, 3.63) is 0 Å². The van der Waals surface area contributed by atoms with Crippen LogP contribution in [-0.4, -0.2) is 0 Å². The van der Waals surface area contributed by atoms with Gasteiger partial charge in [0.15, 0.2) is 0 Å². The van der Waals surface area contributed by atoms with E-state index in [0.717, 1.165) is 0 Å². The summed E-state index contributed by atoms with van der Waals surface area (Å²) in [5, 5.41) is 0. The molecule has 0 aromatic rings. The van der Waals surface area contributed by atoms with Crippen molar-refractivity contribution in [1.29, 1.82) is 0 Å². The fourth-order valence-corrected chi connectivity index (χ4v) is 0. The molecule has 2 nitrogen and oxygen atoms in total. The maximum atomic E-state index is 8.26. The molecule has 0 amide bonds. The Hall–Kier alpha value is 0.725. The van der Waals surface area contributed by atoms with Gasteiger partial charge >= 0.3 is 42.7 Å². The number of hydrogen-bond donors (Lipinski definition) is 0. The normalized spacial score (nSPS) is 1.80. The monoisotopic (exact) mass is 209 g/mol. The minimum absolute atomic E-state index is 0. The maximum absolute atomic E-state index is 8.26. The van der Waals surface area contributed by atoms with E-state index in [2.05, 4.69) is 15.7 Å². The van der Waals surface area contributed by atoms with Crippen LogP contribution in [0.5, 0.6) is 0 Å². The van der Waals surface area contributed by atoms with Crippen LogP contribution in [0.1, 0.15) is 0 Å². The minimum atomic E-state index is 0. The van der Waals surface area contributed by atoms with Gasteiger partial charge in [-0.3, -0.25) is 4.70 Å². The molecule has 0 heterocycles. The molecule has 0 radical (unpaired) electrons. The van der Waals surface area contributed by atoms with Crippen molar-refractivity contribution in [2.75, 3.05) is 0 Å². The first kappa shape index (κ1) is 17.2. The zero-order valence-corrected chi connectivity index (χ0v) is 5.01. The summed E-state index contributed by atoms with van der Waals surface area (Å²) in [4.78, 5) is 0. The first-order valence-corrected chi connectivity index (χ1v) is 1.55. The molecule has 35 valence electrons. The summed E-state index contributed by atoms with van der Waals surface area (Å²) < 4.78 is 16.2. The van der Waals surface area contributed by atoms with Crippen LogP contribution in [0.15, 0.2) is 0 Å². The van der Waals surface area contributed by atoms with Crippen LogP contribution in [0.25, 0.3) is 0 Å². The van der Waals surface area contributed by atoms with Gasteiger partial charge in [-0.15, -0.1) is 0 Å². The average molecular weight is 207 g/mol. The zero-order chi connectivity index (χ0) is 4.00. The molecule has 0 saturated heterocycles. The second kappa shape index (κ2) is 125. The molecular weight excluding hydrogens is 206 g/mol. The van der Waals surface area contributed by atoms with E-state index < -0.39 is 0 Å². The van der Waals surface area contributed by atoms with Gasteiger partial charge in [0.1, 0.15) is 0 Å². The van der Waals surface area contributed by atoms with E-state index in [1.807, 2.05) is 0 Å². The Labute approximate surface area is 47.7 Å². The van der Waals surface area contributed by atoms with E-state index >= 15 is 0 Å².